The van der Waals surface area contributed by atoms with Gasteiger partial charge in [-0.3, -0.25) is 0 Å². The van der Waals surface area contributed by atoms with E-state index in [1.54, 1.807) is 24.3 Å². The van der Waals surface area contributed by atoms with Crippen molar-refractivity contribution in [3.63, 3.8) is 0 Å². The van der Waals surface area contributed by atoms with Gasteiger partial charge >= 0.3 is 5.97 Å². The molecule has 140 valence electrons. The Bertz CT molecular complexity index is 912. The lowest BCUT2D eigenvalue weighted by atomic mass is 10.2. The van der Waals surface area contributed by atoms with Crippen molar-refractivity contribution in [2.45, 2.75) is 17.6 Å². The zero-order valence-electron chi connectivity index (χ0n) is 14.7. The van der Waals surface area contributed by atoms with Crippen LogP contribution in [0.5, 0.6) is 5.75 Å². The van der Waals surface area contributed by atoms with Crippen molar-refractivity contribution in [3.8, 4) is 5.75 Å². The van der Waals surface area contributed by atoms with E-state index >= 15 is 0 Å². The summed E-state index contributed by atoms with van der Waals surface area (Å²) in [6.07, 6.45) is 0. The number of carbonyl (C=O) groups is 1. The number of hydrogen-bond donors (Lipinski definition) is 0. The summed E-state index contributed by atoms with van der Waals surface area (Å²) in [5.74, 6) is 1.54. The predicted molar refractivity (Wildman–Crippen MR) is 104 cm³/mol. The van der Waals surface area contributed by atoms with E-state index in [0.29, 0.717) is 22.1 Å². The summed E-state index contributed by atoms with van der Waals surface area (Å²) in [4.78, 5) is 13.2. The van der Waals surface area contributed by atoms with Gasteiger partial charge in [0.05, 0.1) is 16.3 Å². The third-order valence-corrected chi connectivity index (χ3v) is 4.99. The van der Waals surface area contributed by atoms with Crippen LogP contribution in [0.15, 0.2) is 64.0 Å². The standard InChI is InChI=1S/C20H18ClNO4S/c1-14-12-15(22-26-14)13-27-19-9-5-2-6-16(19)20(23)25-11-10-24-18-8-4-3-7-17(18)21/h2-9,12H,10-11,13H2,1H3. The van der Waals surface area contributed by atoms with E-state index in [4.69, 9.17) is 25.6 Å². The fraction of sp³-hybridized carbons (Fsp3) is 0.200. The number of ether oxygens (including phenoxy) is 2. The van der Waals surface area contributed by atoms with Crippen molar-refractivity contribution in [2.24, 2.45) is 0 Å². The second-order valence-electron chi connectivity index (χ2n) is 5.63. The molecule has 0 atom stereocenters. The highest BCUT2D eigenvalue weighted by Crippen LogP contribution is 2.27. The number of aryl methyl sites for hydroxylation is 1. The molecule has 0 aliphatic rings. The first-order valence-corrected chi connectivity index (χ1v) is 9.68. The summed E-state index contributed by atoms with van der Waals surface area (Å²) in [6, 6.07) is 16.4. The molecule has 0 radical (unpaired) electrons. The van der Waals surface area contributed by atoms with Crippen LogP contribution in [0.25, 0.3) is 0 Å². The molecule has 0 aliphatic heterocycles. The van der Waals surface area contributed by atoms with E-state index in [-0.39, 0.29) is 13.2 Å². The number of para-hydroxylation sites is 1. The molecule has 3 rings (SSSR count). The molecule has 0 saturated carbocycles. The van der Waals surface area contributed by atoms with E-state index in [1.807, 2.05) is 37.3 Å². The number of nitrogens with zero attached hydrogens (tertiary/aromatic N) is 1. The summed E-state index contributed by atoms with van der Waals surface area (Å²) in [5, 5.41) is 4.48. The van der Waals surface area contributed by atoms with E-state index in [1.165, 1.54) is 11.8 Å². The Morgan fingerprint density at radius 2 is 1.93 bits per heavy atom. The molecular weight excluding hydrogens is 386 g/mol. The fourth-order valence-electron chi connectivity index (χ4n) is 2.32. The van der Waals surface area contributed by atoms with Crippen molar-refractivity contribution in [2.75, 3.05) is 13.2 Å². The van der Waals surface area contributed by atoms with Crippen LogP contribution >= 0.6 is 23.4 Å². The largest absolute Gasteiger partial charge is 0.488 e. The van der Waals surface area contributed by atoms with Crippen LogP contribution in [0.2, 0.25) is 5.02 Å². The van der Waals surface area contributed by atoms with E-state index < -0.39 is 5.97 Å². The normalized spacial score (nSPS) is 10.6. The van der Waals surface area contributed by atoms with Crippen molar-refractivity contribution >= 4 is 29.3 Å². The second-order valence-corrected chi connectivity index (χ2v) is 7.05. The lowest BCUT2D eigenvalue weighted by Gasteiger charge is -2.10. The molecule has 7 heteroatoms. The van der Waals surface area contributed by atoms with E-state index in [9.17, 15) is 4.79 Å². The van der Waals surface area contributed by atoms with Gasteiger partial charge in [0.1, 0.15) is 24.7 Å². The quantitative estimate of drug-likeness (QED) is 0.294. The molecule has 1 aromatic heterocycles. The highest BCUT2D eigenvalue weighted by Gasteiger charge is 2.14. The molecule has 0 N–H and O–H groups in total. The summed E-state index contributed by atoms with van der Waals surface area (Å²) in [5.41, 5.74) is 1.34. The van der Waals surface area contributed by atoms with Gasteiger partial charge in [-0.05, 0) is 31.2 Å². The second kappa shape index (κ2) is 9.48. The average molecular weight is 404 g/mol. The minimum Gasteiger partial charge on any atom is -0.488 e. The van der Waals surface area contributed by atoms with Crippen LogP contribution in [0.4, 0.5) is 0 Å². The SMILES string of the molecule is Cc1cc(CSc2ccccc2C(=O)OCCOc2ccccc2Cl)no1. The van der Waals surface area contributed by atoms with Crippen LogP contribution in [-0.2, 0) is 10.5 Å². The van der Waals surface area contributed by atoms with Crippen LogP contribution in [-0.4, -0.2) is 24.3 Å². The summed E-state index contributed by atoms with van der Waals surface area (Å²) in [7, 11) is 0. The highest BCUT2D eigenvalue weighted by molar-refractivity contribution is 7.98. The number of benzene rings is 2. The molecule has 0 spiro atoms. The first kappa shape index (κ1) is 19.3. The van der Waals surface area contributed by atoms with Crippen molar-refractivity contribution in [3.05, 3.63) is 76.6 Å². The molecule has 0 bridgehead atoms. The Hall–Kier alpha value is -2.44. The number of carbonyl (C=O) groups excluding carboxylic acids is 1. The third kappa shape index (κ3) is 5.52. The number of hydrogen-bond acceptors (Lipinski definition) is 6. The van der Waals surface area contributed by atoms with Crippen LogP contribution in [0.1, 0.15) is 21.8 Å². The molecule has 0 fully saturated rings. The van der Waals surface area contributed by atoms with Gasteiger partial charge in [-0.2, -0.15) is 0 Å². The number of rotatable bonds is 8. The lowest BCUT2D eigenvalue weighted by Crippen LogP contribution is -2.13. The van der Waals surface area contributed by atoms with Crippen molar-refractivity contribution < 1.29 is 18.8 Å². The Kier molecular flexibility index (Phi) is 6.79. The number of halogens is 1. The number of aromatic nitrogens is 1. The molecule has 0 aliphatic carbocycles. The number of thioether (sulfide) groups is 1. The molecule has 2 aromatic carbocycles. The van der Waals surface area contributed by atoms with Gasteiger partial charge in [0, 0.05) is 16.7 Å². The lowest BCUT2D eigenvalue weighted by molar-refractivity contribution is 0.0446. The Labute approximate surface area is 166 Å². The maximum absolute atomic E-state index is 12.4. The first-order valence-electron chi connectivity index (χ1n) is 8.32. The van der Waals surface area contributed by atoms with Gasteiger partial charge in [0.15, 0.2) is 0 Å². The van der Waals surface area contributed by atoms with Crippen LogP contribution in [0, 0.1) is 6.92 Å². The topological polar surface area (TPSA) is 61.6 Å². The van der Waals surface area contributed by atoms with Gasteiger partial charge in [-0.1, -0.05) is 41.0 Å². The highest BCUT2D eigenvalue weighted by atomic mass is 35.5. The molecule has 27 heavy (non-hydrogen) atoms. The maximum atomic E-state index is 12.4. The van der Waals surface area contributed by atoms with E-state index in [2.05, 4.69) is 5.16 Å². The average Bonchev–Trinajstić information content (AvgIpc) is 3.10. The van der Waals surface area contributed by atoms with Gasteiger partial charge in [-0.25, -0.2) is 4.79 Å². The summed E-state index contributed by atoms with van der Waals surface area (Å²) < 4.78 is 15.9. The molecule has 1 heterocycles. The van der Waals surface area contributed by atoms with E-state index in [0.717, 1.165) is 16.3 Å². The maximum Gasteiger partial charge on any atom is 0.339 e. The summed E-state index contributed by atoms with van der Waals surface area (Å²) >= 11 is 7.53. The summed E-state index contributed by atoms with van der Waals surface area (Å²) in [6.45, 7) is 2.20. The number of esters is 1. The molecule has 3 aromatic rings. The van der Waals surface area contributed by atoms with Crippen LogP contribution < -0.4 is 4.74 Å². The van der Waals surface area contributed by atoms with Crippen molar-refractivity contribution in [1.29, 1.82) is 0 Å². The fourth-order valence-corrected chi connectivity index (χ4v) is 3.44. The van der Waals surface area contributed by atoms with Gasteiger partial charge in [-0.15, -0.1) is 11.8 Å². The Morgan fingerprint density at radius 1 is 1.15 bits per heavy atom. The van der Waals surface area contributed by atoms with Crippen molar-refractivity contribution in [1.82, 2.24) is 5.16 Å². The molecule has 0 saturated heterocycles. The first-order chi connectivity index (χ1) is 13.1. The minimum absolute atomic E-state index is 0.130. The smallest absolute Gasteiger partial charge is 0.339 e. The monoisotopic (exact) mass is 403 g/mol. The zero-order chi connectivity index (χ0) is 19.1. The van der Waals surface area contributed by atoms with Gasteiger partial charge < -0.3 is 14.0 Å². The molecule has 0 unspecified atom stereocenters. The van der Waals surface area contributed by atoms with Gasteiger partial charge in [0.2, 0.25) is 0 Å². The van der Waals surface area contributed by atoms with Crippen LogP contribution in [0.3, 0.4) is 0 Å². The molecule has 5 nitrogen and oxygen atoms in total. The molecular formula is C20H18ClNO4S. The minimum atomic E-state index is -0.391. The third-order valence-electron chi connectivity index (χ3n) is 3.57. The predicted octanol–water partition coefficient (Wildman–Crippen LogP) is 5.16. The Morgan fingerprint density at radius 3 is 2.70 bits per heavy atom. The Balaban J connectivity index is 1.52. The zero-order valence-corrected chi connectivity index (χ0v) is 16.3. The van der Waals surface area contributed by atoms with Gasteiger partial charge in [0.25, 0.3) is 0 Å². The molecule has 0 amide bonds.